The van der Waals surface area contributed by atoms with Crippen LogP contribution in [-0.2, 0) is 19.1 Å². The summed E-state index contributed by atoms with van der Waals surface area (Å²) >= 11 is 0. The number of imidazole rings is 1. The van der Waals surface area contributed by atoms with Gasteiger partial charge in [-0.05, 0) is 30.7 Å². The Morgan fingerprint density at radius 3 is 2.65 bits per heavy atom. The van der Waals surface area contributed by atoms with E-state index in [9.17, 15) is 13.2 Å². The smallest absolute Gasteiger partial charge is 0.382 e. The molecule has 4 aromatic rings. The van der Waals surface area contributed by atoms with Crippen LogP contribution in [0, 0.1) is 11.8 Å². The fraction of sp³-hybridized carbons (Fsp3) is 0.250. The van der Waals surface area contributed by atoms with Crippen LogP contribution in [0.4, 0.5) is 19.0 Å². The summed E-state index contributed by atoms with van der Waals surface area (Å²) in [6.07, 6.45) is -2.33. The molecule has 0 fully saturated rings. The molecule has 31 heavy (non-hydrogen) atoms. The molecule has 2 aromatic heterocycles. The number of benzene rings is 2. The van der Waals surface area contributed by atoms with E-state index in [1.165, 1.54) is 6.07 Å². The molecule has 0 aliphatic rings. The topological polar surface area (TPSA) is 56.7 Å². The maximum absolute atomic E-state index is 12.8. The van der Waals surface area contributed by atoms with Crippen LogP contribution >= 0.6 is 0 Å². The van der Waals surface area contributed by atoms with Gasteiger partial charge in [0.2, 0.25) is 0 Å². The number of fused-ring (bicyclic) bond motifs is 3. The number of para-hydroxylation sites is 1. The van der Waals surface area contributed by atoms with Crippen molar-refractivity contribution < 1.29 is 13.2 Å². The molecule has 158 valence electrons. The summed E-state index contributed by atoms with van der Waals surface area (Å²) in [4.78, 5) is 9.15. The lowest BCUT2D eigenvalue weighted by atomic mass is 10.1. The molecule has 0 aliphatic heterocycles. The average Bonchev–Trinajstić information content (AvgIpc) is 3.13. The second kappa shape index (κ2) is 8.31. The number of rotatable bonds is 4. The van der Waals surface area contributed by atoms with Gasteiger partial charge in [-0.25, -0.2) is 9.97 Å². The van der Waals surface area contributed by atoms with Gasteiger partial charge in [-0.3, -0.25) is 0 Å². The number of anilines is 1. The molecular weight excluding hydrogens is 401 g/mol. The van der Waals surface area contributed by atoms with Gasteiger partial charge < -0.3 is 10.3 Å². The molecule has 0 atom stereocenters. The fourth-order valence-corrected chi connectivity index (χ4v) is 3.68. The zero-order valence-corrected chi connectivity index (χ0v) is 17.0. The van der Waals surface area contributed by atoms with Crippen LogP contribution in [0.15, 0.2) is 48.5 Å². The number of alkyl halides is 3. The summed E-state index contributed by atoms with van der Waals surface area (Å²) in [6.45, 7) is 2.72. The number of nitrogen functional groups attached to an aromatic ring is 1. The van der Waals surface area contributed by atoms with Gasteiger partial charge in [0.05, 0.1) is 16.6 Å². The van der Waals surface area contributed by atoms with Crippen molar-refractivity contribution >= 4 is 27.8 Å². The fourth-order valence-electron chi connectivity index (χ4n) is 3.68. The van der Waals surface area contributed by atoms with E-state index in [-0.39, 0.29) is 0 Å². The predicted molar refractivity (Wildman–Crippen MR) is 116 cm³/mol. The van der Waals surface area contributed by atoms with E-state index in [0.29, 0.717) is 29.9 Å². The van der Waals surface area contributed by atoms with E-state index in [1.807, 2.05) is 31.2 Å². The maximum Gasteiger partial charge on any atom is 0.416 e. The van der Waals surface area contributed by atoms with Gasteiger partial charge in [0, 0.05) is 30.3 Å². The van der Waals surface area contributed by atoms with Gasteiger partial charge in [-0.2, -0.15) is 13.2 Å². The zero-order chi connectivity index (χ0) is 22.0. The van der Waals surface area contributed by atoms with E-state index in [0.717, 1.165) is 47.2 Å². The van der Waals surface area contributed by atoms with Crippen molar-refractivity contribution in [2.75, 3.05) is 5.73 Å². The van der Waals surface area contributed by atoms with Gasteiger partial charge in [-0.15, -0.1) is 0 Å². The van der Waals surface area contributed by atoms with E-state index < -0.39 is 11.7 Å². The molecule has 4 rings (SSSR count). The normalized spacial score (nSPS) is 11.6. The van der Waals surface area contributed by atoms with E-state index in [2.05, 4.69) is 21.4 Å². The van der Waals surface area contributed by atoms with Crippen LogP contribution in [0.1, 0.15) is 36.7 Å². The molecule has 0 bridgehead atoms. The Kier molecular flexibility index (Phi) is 5.55. The van der Waals surface area contributed by atoms with Crippen molar-refractivity contribution in [3.05, 3.63) is 65.5 Å². The largest absolute Gasteiger partial charge is 0.416 e. The molecule has 0 aliphatic carbocycles. The average molecular weight is 422 g/mol. The van der Waals surface area contributed by atoms with Gasteiger partial charge in [0.25, 0.3) is 0 Å². The first-order chi connectivity index (χ1) is 14.9. The van der Waals surface area contributed by atoms with Crippen LogP contribution in [-0.4, -0.2) is 14.5 Å². The lowest BCUT2D eigenvalue weighted by molar-refractivity contribution is -0.137. The minimum Gasteiger partial charge on any atom is -0.382 e. The second-order valence-electron chi connectivity index (χ2n) is 7.23. The summed E-state index contributed by atoms with van der Waals surface area (Å²) in [7, 11) is 0. The number of hydrogen-bond donors (Lipinski definition) is 1. The summed E-state index contributed by atoms with van der Waals surface area (Å²) < 4.78 is 40.7. The van der Waals surface area contributed by atoms with Crippen molar-refractivity contribution in [1.29, 1.82) is 0 Å². The van der Waals surface area contributed by atoms with Gasteiger partial charge in [-0.1, -0.05) is 43.0 Å². The van der Waals surface area contributed by atoms with Crippen molar-refractivity contribution in [2.45, 2.75) is 38.9 Å². The zero-order valence-electron chi connectivity index (χ0n) is 17.0. The number of aryl methyl sites for hydroxylation is 2. The number of halogens is 3. The number of aromatic nitrogens is 3. The minimum atomic E-state index is -4.36. The van der Waals surface area contributed by atoms with Crippen molar-refractivity contribution in [2.24, 2.45) is 0 Å². The highest BCUT2D eigenvalue weighted by Gasteiger charge is 2.30. The first-order valence-corrected chi connectivity index (χ1v) is 10.1. The van der Waals surface area contributed by atoms with Crippen LogP contribution in [0.25, 0.3) is 21.9 Å². The third kappa shape index (κ3) is 4.19. The Labute approximate surface area is 177 Å². The maximum atomic E-state index is 12.8. The first kappa shape index (κ1) is 20.7. The summed E-state index contributed by atoms with van der Waals surface area (Å²) in [6, 6.07) is 12.9. The minimum absolute atomic E-state index is 0.363. The molecule has 0 spiro atoms. The van der Waals surface area contributed by atoms with Crippen molar-refractivity contribution in [3.63, 3.8) is 0 Å². The number of nitrogens with two attached hydrogens (primary N) is 1. The van der Waals surface area contributed by atoms with E-state index in [1.54, 1.807) is 6.07 Å². The van der Waals surface area contributed by atoms with Gasteiger partial charge in [0.15, 0.2) is 5.82 Å². The van der Waals surface area contributed by atoms with Crippen LogP contribution in [0.2, 0.25) is 0 Å². The Morgan fingerprint density at radius 1 is 1.06 bits per heavy atom. The number of hydrogen-bond acceptors (Lipinski definition) is 3. The molecular formula is C24H21F3N4. The summed E-state index contributed by atoms with van der Waals surface area (Å²) in [5, 5.41) is 0.994. The molecule has 2 aromatic carbocycles. The third-order valence-corrected chi connectivity index (χ3v) is 5.11. The van der Waals surface area contributed by atoms with E-state index in [4.69, 9.17) is 10.7 Å². The highest BCUT2D eigenvalue weighted by molar-refractivity contribution is 6.06. The Hall–Kier alpha value is -3.53. The molecule has 0 radical (unpaired) electrons. The van der Waals surface area contributed by atoms with Crippen molar-refractivity contribution in [1.82, 2.24) is 14.5 Å². The molecule has 2 N–H and O–H groups in total. The predicted octanol–water partition coefficient (Wildman–Crippen LogP) is 5.58. The third-order valence-electron chi connectivity index (χ3n) is 5.11. The molecule has 0 saturated heterocycles. The lowest BCUT2D eigenvalue weighted by Crippen LogP contribution is -2.04. The van der Waals surface area contributed by atoms with Crippen molar-refractivity contribution in [3.8, 4) is 11.8 Å². The molecule has 0 saturated carbocycles. The number of nitrogens with zero attached hydrogens (tertiary/aromatic N) is 3. The lowest BCUT2D eigenvalue weighted by Gasteiger charge is -2.09. The van der Waals surface area contributed by atoms with Gasteiger partial charge >= 0.3 is 6.18 Å². The van der Waals surface area contributed by atoms with Crippen LogP contribution < -0.4 is 5.73 Å². The summed E-state index contributed by atoms with van der Waals surface area (Å²) in [5.41, 5.74) is 8.31. The molecule has 2 heterocycles. The highest BCUT2D eigenvalue weighted by atomic mass is 19.4. The highest BCUT2D eigenvalue weighted by Crippen LogP contribution is 2.30. The molecule has 7 heteroatoms. The van der Waals surface area contributed by atoms with Crippen LogP contribution in [0.3, 0.4) is 0 Å². The van der Waals surface area contributed by atoms with Gasteiger partial charge in [0.1, 0.15) is 11.3 Å². The quantitative estimate of drug-likeness (QED) is 0.345. The Morgan fingerprint density at radius 2 is 1.87 bits per heavy atom. The van der Waals surface area contributed by atoms with Crippen LogP contribution in [0.5, 0.6) is 0 Å². The SMILES string of the molecule is CCc1nc2c(N)nc3ccccc3c2n1CCCC#Cc1cccc(C(F)(F)F)c1. The van der Waals surface area contributed by atoms with E-state index >= 15 is 0 Å². The molecule has 4 nitrogen and oxygen atoms in total. The Balaban J connectivity index is 1.56. The number of unbranched alkanes of at least 4 members (excludes halogenated alkanes) is 1. The first-order valence-electron chi connectivity index (χ1n) is 10.1. The number of pyridine rings is 1. The molecule has 0 unspecified atom stereocenters. The standard InChI is InChI=1S/C24H21F3N4/c1-2-20-30-21-22(18-12-5-6-13-19(18)29-23(21)28)31(20)14-7-3-4-9-16-10-8-11-17(15-16)24(25,26)27/h5-6,8,10-13,15H,2-3,7,14H2,1H3,(H2,28,29). The summed E-state index contributed by atoms with van der Waals surface area (Å²) in [5.74, 6) is 7.16. The molecule has 0 amide bonds. The second-order valence-corrected chi connectivity index (χ2v) is 7.23. The Bertz CT molecular complexity index is 1310. The monoisotopic (exact) mass is 422 g/mol.